The number of benzene rings is 4. The van der Waals surface area contributed by atoms with Crippen LogP contribution in [0.4, 0.5) is 0 Å². The van der Waals surface area contributed by atoms with E-state index in [1.165, 1.54) is 0 Å². The average molecular weight is 438 g/mol. The van der Waals surface area contributed by atoms with E-state index in [2.05, 4.69) is 15.5 Å². The van der Waals surface area contributed by atoms with Gasteiger partial charge in [-0.05, 0) is 0 Å². The number of hydrogen-bond acceptors (Lipinski definition) is 0. The molecule has 4 aromatic carbocycles. The van der Waals surface area contributed by atoms with Crippen LogP contribution in [0.25, 0.3) is 0 Å². The molecule has 27 heavy (non-hydrogen) atoms. The van der Waals surface area contributed by atoms with Gasteiger partial charge in [0.1, 0.15) is 0 Å². The van der Waals surface area contributed by atoms with Gasteiger partial charge in [0.05, 0.1) is 0 Å². The number of rotatable bonds is 5. The summed E-state index contributed by atoms with van der Waals surface area (Å²) < 4.78 is 42.8. The van der Waals surface area contributed by atoms with Crippen LogP contribution in [-0.2, 0) is 6.16 Å². The van der Waals surface area contributed by atoms with Gasteiger partial charge >= 0.3 is 176 Å². The molecule has 0 aliphatic carbocycles. The van der Waals surface area contributed by atoms with Gasteiger partial charge in [0, 0.05) is 0 Å². The molecule has 0 spiro atoms. The normalized spacial score (nSPS) is 15.4. The Morgan fingerprint density at radius 2 is 1.04 bits per heavy atom. The van der Waals surface area contributed by atoms with Crippen LogP contribution in [0.5, 0.6) is 0 Å². The standard InChI is InChI=1S/C25H22BrP/c26-27(23-15-7-2-8-16-23,24-17-9-3-10-18-24,25-19-11-4-12-20-25)21-22-13-5-1-6-14-22/h1-20H,21H2/i2D,7D,8D,15D,16D. The average Bonchev–Trinajstić information content (AvgIpc) is 2.83. The minimum absolute atomic E-state index is 0.172. The van der Waals surface area contributed by atoms with Crippen molar-refractivity contribution < 1.29 is 6.85 Å². The van der Waals surface area contributed by atoms with Crippen LogP contribution in [0.15, 0.2) is 121 Å². The van der Waals surface area contributed by atoms with E-state index < -0.39 is 5.31 Å². The summed E-state index contributed by atoms with van der Waals surface area (Å²) in [4.78, 5) is 0. The van der Waals surface area contributed by atoms with Gasteiger partial charge in [-0.15, -0.1) is 0 Å². The van der Waals surface area contributed by atoms with Gasteiger partial charge < -0.3 is 0 Å². The van der Waals surface area contributed by atoms with Crippen LogP contribution in [0.1, 0.15) is 12.4 Å². The van der Waals surface area contributed by atoms with E-state index >= 15 is 0 Å². The number of halogens is 1. The van der Waals surface area contributed by atoms with E-state index in [1.54, 1.807) is 0 Å². The molecule has 4 aromatic rings. The van der Waals surface area contributed by atoms with Crippen molar-refractivity contribution in [2.24, 2.45) is 0 Å². The van der Waals surface area contributed by atoms with Gasteiger partial charge in [-0.3, -0.25) is 0 Å². The Labute approximate surface area is 176 Å². The second-order valence-electron chi connectivity index (χ2n) is 6.47. The Kier molecular flexibility index (Phi) is 3.59. The molecule has 0 heterocycles. The molecule has 0 radical (unpaired) electrons. The fourth-order valence-electron chi connectivity index (χ4n) is 3.55. The summed E-state index contributed by atoms with van der Waals surface area (Å²) in [6, 6.07) is 28.1. The Morgan fingerprint density at radius 1 is 0.593 bits per heavy atom. The zero-order valence-electron chi connectivity index (χ0n) is 19.7. The molecule has 0 fully saturated rings. The molecular formula is C25H22BrP. The maximum absolute atomic E-state index is 8.91. The van der Waals surface area contributed by atoms with Crippen molar-refractivity contribution >= 4 is 36.7 Å². The van der Waals surface area contributed by atoms with Crippen molar-refractivity contribution in [1.82, 2.24) is 0 Å². The molecule has 0 N–H and O–H groups in total. The Balaban J connectivity index is 2.25. The van der Waals surface area contributed by atoms with Crippen LogP contribution in [0, 0.1) is 0 Å². The summed E-state index contributed by atoms with van der Waals surface area (Å²) >= 11 is 4.21. The van der Waals surface area contributed by atoms with Gasteiger partial charge in [-0.1, -0.05) is 0 Å². The summed E-state index contributed by atoms with van der Waals surface area (Å²) in [5.74, 6) is 0. The zero-order valence-corrected chi connectivity index (χ0v) is 17.2. The predicted octanol–water partition coefficient (Wildman–Crippen LogP) is 6.03. The summed E-state index contributed by atoms with van der Waals surface area (Å²) in [6.45, 7) is 0. The fourth-order valence-corrected chi connectivity index (χ4v) is 10.8. The third-order valence-corrected chi connectivity index (χ3v) is 14.0. The topological polar surface area (TPSA) is 0 Å². The molecule has 0 saturated carbocycles. The van der Waals surface area contributed by atoms with Crippen molar-refractivity contribution in [2.45, 2.75) is 6.16 Å². The fraction of sp³-hybridized carbons (Fsp3) is 0.0400. The van der Waals surface area contributed by atoms with Gasteiger partial charge in [-0.25, -0.2) is 0 Å². The van der Waals surface area contributed by atoms with Crippen molar-refractivity contribution in [2.75, 3.05) is 0 Å². The summed E-state index contributed by atoms with van der Waals surface area (Å²) in [5, 5.41) is -1.61. The van der Waals surface area contributed by atoms with Crippen molar-refractivity contribution in [3.05, 3.63) is 127 Å². The molecule has 0 saturated heterocycles. The molecule has 0 unspecified atom stereocenters. The van der Waals surface area contributed by atoms with Crippen LogP contribution in [0.2, 0.25) is 0 Å². The molecule has 0 nitrogen and oxygen atoms in total. The van der Waals surface area contributed by atoms with Gasteiger partial charge in [-0.2, -0.15) is 0 Å². The van der Waals surface area contributed by atoms with Crippen LogP contribution < -0.4 is 15.9 Å². The van der Waals surface area contributed by atoms with E-state index in [0.717, 1.165) is 16.2 Å². The molecule has 134 valence electrons. The molecule has 0 bridgehead atoms. The molecule has 2 heteroatoms. The van der Waals surface area contributed by atoms with Crippen molar-refractivity contribution in [3.63, 3.8) is 0 Å². The van der Waals surface area contributed by atoms with E-state index in [0.29, 0.717) is 11.5 Å². The third-order valence-electron chi connectivity index (χ3n) is 4.86. The first-order chi connectivity index (χ1) is 15.3. The first-order valence-corrected chi connectivity index (χ1v) is 13.2. The summed E-state index contributed by atoms with van der Waals surface area (Å²) in [6.07, 6.45) is 0.467. The molecule has 0 aliphatic rings. The number of hydrogen-bond donors (Lipinski definition) is 0. The molecule has 0 amide bonds. The molecule has 0 aromatic heterocycles. The van der Waals surface area contributed by atoms with Crippen LogP contribution >= 0.6 is 20.8 Å². The zero-order chi connectivity index (χ0) is 23.0. The van der Waals surface area contributed by atoms with E-state index in [4.69, 9.17) is 6.85 Å². The van der Waals surface area contributed by atoms with Gasteiger partial charge in [0.2, 0.25) is 0 Å². The summed E-state index contributed by atoms with van der Waals surface area (Å²) in [5.41, 5.74) is 1.02. The Bertz CT molecular complexity index is 1200. The maximum atomic E-state index is 8.91. The van der Waals surface area contributed by atoms with E-state index in [1.807, 2.05) is 91.0 Å². The van der Waals surface area contributed by atoms with Crippen molar-refractivity contribution in [1.29, 1.82) is 0 Å². The molecule has 4 rings (SSSR count). The van der Waals surface area contributed by atoms with E-state index in [9.17, 15) is 0 Å². The molecule has 0 aliphatic heterocycles. The second-order valence-corrected chi connectivity index (χ2v) is 15.3. The SMILES string of the molecule is [2H]c1c([2H])c([2H])c(P(Br)(Cc2ccccc2)(c2ccccc2)c2ccccc2)c([2H])c1[2H]. The quantitative estimate of drug-likeness (QED) is 0.334. The minimum atomic E-state index is -3.75. The van der Waals surface area contributed by atoms with Crippen molar-refractivity contribution in [3.8, 4) is 0 Å². The summed E-state index contributed by atoms with van der Waals surface area (Å²) in [7, 11) is 0. The second kappa shape index (κ2) is 7.43. The molecule has 0 atom stereocenters. The van der Waals surface area contributed by atoms with E-state index in [-0.39, 0.29) is 30.2 Å². The third kappa shape index (κ3) is 3.16. The first kappa shape index (κ1) is 13.0. The monoisotopic (exact) mass is 437 g/mol. The molecular weight excluding hydrogens is 411 g/mol. The predicted molar refractivity (Wildman–Crippen MR) is 124 cm³/mol. The Morgan fingerprint density at radius 3 is 1.52 bits per heavy atom. The van der Waals surface area contributed by atoms with Gasteiger partial charge in [0.25, 0.3) is 0 Å². The van der Waals surface area contributed by atoms with Gasteiger partial charge in [0.15, 0.2) is 0 Å². The van der Waals surface area contributed by atoms with Crippen LogP contribution in [0.3, 0.4) is 0 Å². The Hall–Kier alpha value is -2.21. The van der Waals surface area contributed by atoms with Crippen LogP contribution in [-0.4, -0.2) is 0 Å². The first-order valence-electron chi connectivity index (χ1n) is 11.2.